The summed E-state index contributed by atoms with van der Waals surface area (Å²) in [5, 5.41) is 16.9. The zero-order valence-electron chi connectivity index (χ0n) is 13.9. The molecule has 0 saturated carbocycles. The maximum Gasteiger partial charge on any atom is 0.280 e. The molecule has 7 nitrogen and oxygen atoms in total. The maximum absolute atomic E-state index is 12.0. The van der Waals surface area contributed by atoms with Crippen molar-refractivity contribution in [2.24, 2.45) is 10.8 Å². The fourth-order valence-corrected chi connectivity index (χ4v) is 2.50. The Labute approximate surface area is 137 Å². The number of hydrogen-bond donors (Lipinski definition) is 2. The number of hydroxylamine groups is 1. The van der Waals surface area contributed by atoms with E-state index in [-0.39, 0.29) is 11.1 Å². The van der Waals surface area contributed by atoms with Gasteiger partial charge in [-0.25, -0.2) is 5.17 Å². The van der Waals surface area contributed by atoms with E-state index in [0.717, 1.165) is 12.8 Å². The Morgan fingerprint density at radius 3 is 2.70 bits per heavy atom. The minimum Gasteiger partial charge on any atom is -0.601 e. The third-order valence-corrected chi connectivity index (χ3v) is 3.80. The van der Waals surface area contributed by atoms with Crippen LogP contribution in [-0.4, -0.2) is 19.7 Å². The van der Waals surface area contributed by atoms with Gasteiger partial charge in [0.25, 0.3) is 5.96 Å². The Morgan fingerprint density at radius 2 is 1.96 bits per heavy atom. The minimum atomic E-state index is -0.379. The summed E-state index contributed by atoms with van der Waals surface area (Å²) in [7, 11) is 1.56. The second-order valence-electron chi connectivity index (χ2n) is 5.55. The van der Waals surface area contributed by atoms with Crippen LogP contribution >= 0.6 is 0 Å². The zero-order chi connectivity index (χ0) is 16.7. The van der Waals surface area contributed by atoms with Crippen molar-refractivity contribution in [1.29, 1.82) is 0 Å². The number of rotatable bonds is 9. The molecule has 0 aliphatic carbocycles. The van der Waals surface area contributed by atoms with Crippen molar-refractivity contribution in [3.8, 4) is 5.75 Å². The molecule has 1 atom stereocenters. The van der Waals surface area contributed by atoms with Crippen molar-refractivity contribution < 1.29 is 14.7 Å². The van der Waals surface area contributed by atoms with Crippen LogP contribution in [0, 0.1) is 5.21 Å². The molecule has 0 aromatic heterocycles. The molecule has 0 saturated heterocycles. The monoisotopic (exact) mass is 322 g/mol. The first-order chi connectivity index (χ1) is 11.2. The number of methoxy groups -OCH3 is 1. The molecule has 1 aliphatic heterocycles. The topological polar surface area (TPSA) is 87.6 Å². The SMILES string of the molecule is CCCCCCCCON1C(N)=N[NH+]([O-])c2cc(OC)ccc21. The average molecular weight is 322 g/mol. The molecule has 1 aliphatic rings. The molecule has 3 N–H and O–H groups in total. The first-order valence-corrected chi connectivity index (χ1v) is 8.17. The number of ether oxygens (including phenoxy) is 1. The highest BCUT2D eigenvalue weighted by molar-refractivity contribution is 5.96. The third-order valence-electron chi connectivity index (χ3n) is 3.80. The summed E-state index contributed by atoms with van der Waals surface area (Å²) in [6, 6.07) is 5.18. The minimum absolute atomic E-state index is 0.0682. The number of hydrogen-bond acceptors (Lipinski definition) is 6. The lowest BCUT2D eigenvalue weighted by Gasteiger charge is -2.30. The molecular weight excluding hydrogens is 296 g/mol. The van der Waals surface area contributed by atoms with Crippen molar-refractivity contribution in [2.45, 2.75) is 45.4 Å². The molecule has 1 aromatic rings. The number of nitrogens with zero attached hydrogens (tertiary/aromatic N) is 2. The van der Waals surface area contributed by atoms with E-state index in [1.54, 1.807) is 25.3 Å². The molecule has 0 bridgehead atoms. The number of quaternary nitrogens is 1. The number of anilines is 1. The summed E-state index contributed by atoms with van der Waals surface area (Å²) < 4.78 is 5.14. The van der Waals surface area contributed by atoms with E-state index in [9.17, 15) is 5.21 Å². The number of nitrogens with one attached hydrogen (secondary N) is 1. The Hall–Kier alpha value is -1.83. The van der Waals surface area contributed by atoms with Crippen LogP contribution in [0.5, 0.6) is 5.75 Å². The summed E-state index contributed by atoms with van der Waals surface area (Å²) in [4.78, 5) is 5.73. The Kier molecular flexibility index (Phi) is 6.64. The smallest absolute Gasteiger partial charge is 0.280 e. The van der Waals surface area contributed by atoms with Gasteiger partial charge in [0, 0.05) is 6.07 Å². The summed E-state index contributed by atoms with van der Waals surface area (Å²) in [5.41, 5.74) is 6.87. The van der Waals surface area contributed by atoms with E-state index in [1.165, 1.54) is 30.7 Å². The first-order valence-electron chi connectivity index (χ1n) is 8.17. The van der Waals surface area contributed by atoms with E-state index in [2.05, 4.69) is 12.0 Å². The van der Waals surface area contributed by atoms with Gasteiger partial charge in [0.1, 0.15) is 11.4 Å². The second kappa shape index (κ2) is 8.71. The molecule has 1 aromatic carbocycles. The van der Waals surface area contributed by atoms with Gasteiger partial charge >= 0.3 is 0 Å². The highest BCUT2D eigenvalue weighted by Crippen LogP contribution is 2.29. The molecule has 0 radical (unpaired) electrons. The van der Waals surface area contributed by atoms with Gasteiger partial charge in [-0.1, -0.05) is 39.0 Å². The number of benzene rings is 1. The zero-order valence-corrected chi connectivity index (χ0v) is 13.9. The maximum atomic E-state index is 12.0. The van der Waals surface area contributed by atoms with Gasteiger partial charge in [0.05, 0.1) is 13.7 Å². The normalized spacial score (nSPS) is 16.9. The largest absolute Gasteiger partial charge is 0.601 e. The van der Waals surface area contributed by atoms with Gasteiger partial charge in [-0.3, -0.25) is 4.84 Å². The standard InChI is InChI=1S/C16H26N4O3/c1-3-4-5-6-7-8-11-23-19-14-10-9-13(22-2)12-15(14)20(21)18-16(19)17/h9-10,12,20H,3-8,11H2,1-2H3,(H2,17,18). The van der Waals surface area contributed by atoms with Gasteiger partial charge in [-0.15, -0.1) is 0 Å². The summed E-state index contributed by atoms with van der Waals surface area (Å²) >= 11 is 0. The summed E-state index contributed by atoms with van der Waals surface area (Å²) in [6.07, 6.45) is 7.08. The molecule has 23 heavy (non-hydrogen) atoms. The predicted molar refractivity (Wildman–Crippen MR) is 90.4 cm³/mol. The van der Waals surface area contributed by atoms with Gasteiger partial charge in [0.15, 0.2) is 5.69 Å². The highest BCUT2D eigenvalue weighted by Gasteiger charge is 2.27. The fraction of sp³-hybridized carbons (Fsp3) is 0.562. The van der Waals surface area contributed by atoms with E-state index >= 15 is 0 Å². The Morgan fingerprint density at radius 1 is 1.22 bits per heavy atom. The number of guanidine groups is 1. The Balaban J connectivity index is 1.92. The lowest BCUT2D eigenvalue weighted by Crippen LogP contribution is -2.98. The van der Waals surface area contributed by atoms with Crippen LogP contribution in [0.1, 0.15) is 45.4 Å². The van der Waals surface area contributed by atoms with Crippen molar-refractivity contribution in [3.05, 3.63) is 23.4 Å². The molecule has 7 heteroatoms. The first kappa shape index (κ1) is 17.5. The molecule has 2 rings (SSSR count). The lowest BCUT2D eigenvalue weighted by atomic mass is 10.1. The quantitative estimate of drug-likeness (QED) is 0.537. The molecule has 0 amide bonds. The van der Waals surface area contributed by atoms with Crippen LogP contribution in [0.2, 0.25) is 0 Å². The second-order valence-corrected chi connectivity index (χ2v) is 5.55. The lowest BCUT2D eigenvalue weighted by molar-refractivity contribution is -0.784. The van der Waals surface area contributed by atoms with E-state index < -0.39 is 0 Å². The molecule has 1 unspecified atom stereocenters. The molecule has 0 fully saturated rings. The van der Waals surface area contributed by atoms with Gasteiger partial charge in [-0.05, 0) is 23.7 Å². The highest BCUT2D eigenvalue weighted by atomic mass is 16.7. The van der Waals surface area contributed by atoms with Crippen molar-refractivity contribution >= 4 is 17.3 Å². The number of fused-ring (bicyclic) bond motifs is 1. The summed E-state index contributed by atoms with van der Waals surface area (Å²) in [6.45, 7) is 2.75. The average Bonchev–Trinajstić information content (AvgIpc) is 2.56. The Bertz CT molecular complexity index is 536. The number of nitrogens with two attached hydrogens (primary N) is 1. The van der Waals surface area contributed by atoms with Crippen molar-refractivity contribution in [1.82, 2.24) is 0 Å². The van der Waals surface area contributed by atoms with E-state index in [1.807, 2.05) is 0 Å². The van der Waals surface area contributed by atoms with Crippen molar-refractivity contribution in [2.75, 3.05) is 18.8 Å². The van der Waals surface area contributed by atoms with E-state index in [0.29, 0.717) is 23.7 Å². The third kappa shape index (κ3) is 4.57. The van der Waals surface area contributed by atoms with Crippen LogP contribution in [0.3, 0.4) is 0 Å². The van der Waals surface area contributed by atoms with Crippen LogP contribution in [-0.2, 0) is 4.84 Å². The molecule has 1 heterocycles. The van der Waals surface area contributed by atoms with Crippen LogP contribution < -0.4 is 20.7 Å². The van der Waals surface area contributed by atoms with E-state index in [4.69, 9.17) is 15.3 Å². The van der Waals surface area contributed by atoms with Crippen LogP contribution in [0.25, 0.3) is 0 Å². The van der Waals surface area contributed by atoms with Crippen molar-refractivity contribution in [3.63, 3.8) is 0 Å². The predicted octanol–water partition coefficient (Wildman–Crippen LogP) is 2.05. The fourth-order valence-electron chi connectivity index (χ4n) is 2.50. The summed E-state index contributed by atoms with van der Waals surface area (Å²) in [5.74, 6) is 0.669. The van der Waals surface area contributed by atoms with Crippen LogP contribution in [0.4, 0.5) is 11.4 Å². The van der Waals surface area contributed by atoms with Gasteiger partial charge in [-0.2, -0.15) is 5.06 Å². The van der Waals surface area contributed by atoms with Gasteiger partial charge < -0.3 is 15.7 Å². The molecule has 128 valence electrons. The number of unbranched alkanes of at least 4 members (excludes halogenated alkanes) is 5. The van der Waals surface area contributed by atoms with Gasteiger partial charge in [0.2, 0.25) is 0 Å². The molecule has 0 spiro atoms. The van der Waals surface area contributed by atoms with Crippen LogP contribution in [0.15, 0.2) is 23.3 Å². The molecular formula is C16H26N4O3.